The average Bonchev–Trinajstić information content (AvgIpc) is 3.21. The number of carboxylic acid groups (broad SMARTS) is 1. The van der Waals surface area contributed by atoms with Gasteiger partial charge in [-0.2, -0.15) is 4.98 Å². The first-order valence-electron chi connectivity index (χ1n) is 13.5. The van der Waals surface area contributed by atoms with E-state index in [9.17, 15) is 4.79 Å². The van der Waals surface area contributed by atoms with E-state index >= 15 is 0 Å². The molecule has 6 heteroatoms. The van der Waals surface area contributed by atoms with Crippen molar-refractivity contribution in [1.82, 2.24) is 9.97 Å². The SMILES string of the molecule is CCCC(CCC)N1CCc2c(C)nc(N(CCCCCC(=O)O)c3c(C)cc(C)cc3C)nc21. The highest BCUT2D eigenvalue weighted by atomic mass is 16.4. The van der Waals surface area contributed by atoms with Gasteiger partial charge in [-0.05, 0) is 70.9 Å². The smallest absolute Gasteiger partial charge is 0.303 e. The minimum absolute atomic E-state index is 0.224. The summed E-state index contributed by atoms with van der Waals surface area (Å²) in [5, 5.41) is 9.01. The van der Waals surface area contributed by atoms with Crippen molar-refractivity contribution in [3.8, 4) is 0 Å². The number of rotatable bonds is 13. The molecule has 0 saturated carbocycles. The van der Waals surface area contributed by atoms with Crippen molar-refractivity contribution in [1.29, 1.82) is 0 Å². The second kappa shape index (κ2) is 12.4. The lowest BCUT2D eigenvalue weighted by Gasteiger charge is -2.31. The van der Waals surface area contributed by atoms with Gasteiger partial charge in [0.15, 0.2) is 0 Å². The third-order valence-electron chi connectivity index (χ3n) is 7.16. The summed E-state index contributed by atoms with van der Waals surface area (Å²) in [7, 11) is 0. The van der Waals surface area contributed by atoms with Gasteiger partial charge < -0.3 is 14.9 Å². The van der Waals surface area contributed by atoms with Crippen molar-refractivity contribution in [2.45, 2.75) is 105 Å². The predicted molar refractivity (Wildman–Crippen MR) is 145 cm³/mol. The number of anilines is 3. The van der Waals surface area contributed by atoms with Crippen molar-refractivity contribution in [2.75, 3.05) is 22.9 Å². The van der Waals surface area contributed by atoms with Crippen LogP contribution in [-0.4, -0.2) is 40.2 Å². The monoisotopic (exact) mass is 480 g/mol. The molecule has 0 unspecified atom stereocenters. The summed E-state index contributed by atoms with van der Waals surface area (Å²) in [4.78, 5) is 26.0. The zero-order valence-electron chi connectivity index (χ0n) is 22.7. The van der Waals surface area contributed by atoms with Crippen LogP contribution in [0.3, 0.4) is 0 Å². The lowest BCUT2D eigenvalue weighted by molar-refractivity contribution is -0.137. The lowest BCUT2D eigenvalue weighted by atomic mass is 10.0. The topological polar surface area (TPSA) is 69.6 Å². The molecular weight excluding hydrogens is 436 g/mol. The van der Waals surface area contributed by atoms with Crippen LogP contribution in [0.25, 0.3) is 0 Å². The maximum Gasteiger partial charge on any atom is 0.303 e. The van der Waals surface area contributed by atoms with Crippen LogP contribution in [0.2, 0.25) is 0 Å². The Hall–Kier alpha value is -2.63. The molecule has 0 saturated heterocycles. The van der Waals surface area contributed by atoms with Crippen molar-refractivity contribution < 1.29 is 9.90 Å². The van der Waals surface area contributed by atoms with Crippen LogP contribution in [0, 0.1) is 27.7 Å². The van der Waals surface area contributed by atoms with E-state index in [0.717, 1.165) is 49.8 Å². The molecule has 0 fully saturated rings. The molecule has 0 atom stereocenters. The van der Waals surface area contributed by atoms with E-state index in [2.05, 4.69) is 63.5 Å². The molecule has 1 aromatic carbocycles. The van der Waals surface area contributed by atoms with Gasteiger partial charge in [0.2, 0.25) is 5.95 Å². The number of aromatic nitrogens is 2. The molecule has 0 radical (unpaired) electrons. The van der Waals surface area contributed by atoms with Gasteiger partial charge >= 0.3 is 5.97 Å². The highest BCUT2D eigenvalue weighted by molar-refractivity contribution is 5.69. The number of nitrogens with zero attached hydrogens (tertiary/aromatic N) is 4. The van der Waals surface area contributed by atoms with Crippen LogP contribution in [0.1, 0.15) is 93.2 Å². The van der Waals surface area contributed by atoms with E-state index in [1.165, 1.54) is 53.6 Å². The van der Waals surface area contributed by atoms with Gasteiger partial charge in [0.25, 0.3) is 0 Å². The Morgan fingerprint density at radius 3 is 2.29 bits per heavy atom. The fourth-order valence-corrected chi connectivity index (χ4v) is 5.67. The van der Waals surface area contributed by atoms with Crippen molar-refractivity contribution in [2.24, 2.45) is 0 Å². The number of carbonyl (C=O) groups is 1. The Labute approximate surface area is 211 Å². The molecule has 1 aromatic heterocycles. The first-order chi connectivity index (χ1) is 16.8. The van der Waals surface area contributed by atoms with E-state index in [0.29, 0.717) is 12.5 Å². The standard InChI is InChI=1S/C29H44N4O2/c1-7-12-24(13-8-2)32-17-15-25-23(6)30-29(31-28(25)32)33(16-11-9-10-14-26(34)35)27-21(4)18-20(3)19-22(27)5/h18-19,24H,7-17H2,1-6H3,(H,34,35). The summed E-state index contributed by atoms with van der Waals surface area (Å²) in [6.45, 7) is 14.9. The van der Waals surface area contributed by atoms with E-state index in [1.807, 2.05) is 0 Å². The highest BCUT2D eigenvalue weighted by Gasteiger charge is 2.30. The summed E-state index contributed by atoms with van der Waals surface area (Å²) in [5.41, 5.74) is 7.26. The fraction of sp³-hybridized carbons (Fsp3) is 0.621. The van der Waals surface area contributed by atoms with Crippen LogP contribution in [0.4, 0.5) is 17.5 Å². The minimum atomic E-state index is -0.724. The van der Waals surface area contributed by atoms with Crippen molar-refractivity contribution in [3.05, 3.63) is 40.1 Å². The number of hydrogen-bond acceptors (Lipinski definition) is 5. The van der Waals surface area contributed by atoms with Gasteiger partial charge in [0.1, 0.15) is 5.82 Å². The first kappa shape index (κ1) is 27.0. The zero-order chi connectivity index (χ0) is 25.5. The number of fused-ring (bicyclic) bond motifs is 1. The number of aryl methyl sites for hydroxylation is 4. The van der Waals surface area contributed by atoms with Crippen LogP contribution in [0.5, 0.6) is 0 Å². The summed E-state index contributed by atoms with van der Waals surface area (Å²) < 4.78 is 0. The molecule has 35 heavy (non-hydrogen) atoms. The van der Waals surface area contributed by atoms with Crippen molar-refractivity contribution >= 4 is 23.4 Å². The molecule has 0 spiro atoms. The highest BCUT2D eigenvalue weighted by Crippen LogP contribution is 2.37. The van der Waals surface area contributed by atoms with Crippen molar-refractivity contribution in [3.63, 3.8) is 0 Å². The number of hydrogen-bond donors (Lipinski definition) is 1. The van der Waals surface area contributed by atoms with Crippen LogP contribution in [-0.2, 0) is 11.2 Å². The zero-order valence-corrected chi connectivity index (χ0v) is 22.7. The Morgan fingerprint density at radius 2 is 1.69 bits per heavy atom. The summed E-state index contributed by atoms with van der Waals surface area (Å²) in [6.07, 6.45) is 8.45. The molecule has 1 N–H and O–H groups in total. The second-order valence-corrected chi connectivity index (χ2v) is 10.2. The third-order valence-corrected chi connectivity index (χ3v) is 7.16. The molecular formula is C29H44N4O2. The number of carboxylic acids is 1. The number of unbranched alkanes of at least 4 members (excludes halogenated alkanes) is 2. The van der Waals surface area contributed by atoms with Gasteiger partial charge in [-0.3, -0.25) is 4.79 Å². The predicted octanol–water partition coefficient (Wildman–Crippen LogP) is 6.82. The Bertz CT molecular complexity index is 991. The Kier molecular flexibility index (Phi) is 9.53. The molecule has 2 aromatic rings. The van der Waals surface area contributed by atoms with Gasteiger partial charge in [-0.25, -0.2) is 4.98 Å². The normalized spacial score (nSPS) is 12.9. The average molecular weight is 481 g/mol. The van der Waals surface area contributed by atoms with Gasteiger partial charge in [-0.1, -0.05) is 50.8 Å². The molecule has 6 nitrogen and oxygen atoms in total. The summed E-state index contributed by atoms with van der Waals surface area (Å²) >= 11 is 0. The van der Waals surface area contributed by atoms with Crippen LogP contribution in [0.15, 0.2) is 12.1 Å². The molecule has 1 aliphatic heterocycles. The summed E-state index contributed by atoms with van der Waals surface area (Å²) in [5.74, 6) is 1.17. The van der Waals surface area contributed by atoms with E-state index in [-0.39, 0.29) is 6.42 Å². The number of aliphatic carboxylic acids is 1. The first-order valence-corrected chi connectivity index (χ1v) is 13.5. The van der Waals surface area contributed by atoms with E-state index in [4.69, 9.17) is 15.1 Å². The Balaban J connectivity index is 1.99. The van der Waals surface area contributed by atoms with E-state index < -0.39 is 5.97 Å². The van der Waals surface area contributed by atoms with Gasteiger partial charge in [0, 0.05) is 42.5 Å². The molecule has 2 heterocycles. The van der Waals surface area contributed by atoms with Gasteiger partial charge in [0.05, 0.1) is 0 Å². The maximum atomic E-state index is 11.0. The molecule has 0 amide bonds. The summed E-state index contributed by atoms with van der Waals surface area (Å²) in [6, 6.07) is 4.98. The quantitative estimate of drug-likeness (QED) is 0.317. The van der Waals surface area contributed by atoms with E-state index in [1.54, 1.807) is 0 Å². The largest absolute Gasteiger partial charge is 0.481 e. The van der Waals surface area contributed by atoms with Crippen LogP contribution >= 0.6 is 0 Å². The Morgan fingerprint density at radius 1 is 1.03 bits per heavy atom. The molecule has 3 rings (SSSR count). The molecule has 192 valence electrons. The third kappa shape index (κ3) is 6.53. The molecule has 0 bridgehead atoms. The molecule has 0 aliphatic carbocycles. The maximum absolute atomic E-state index is 11.0. The lowest BCUT2D eigenvalue weighted by Crippen LogP contribution is -2.34. The molecule has 1 aliphatic rings. The minimum Gasteiger partial charge on any atom is -0.481 e. The fourth-order valence-electron chi connectivity index (χ4n) is 5.67. The second-order valence-electron chi connectivity index (χ2n) is 10.2. The van der Waals surface area contributed by atoms with Crippen LogP contribution < -0.4 is 9.80 Å². The number of benzene rings is 1. The van der Waals surface area contributed by atoms with Gasteiger partial charge in [-0.15, -0.1) is 0 Å².